The molecule has 1 aliphatic heterocycles. The highest BCUT2D eigenvalue weighted by Crippen LogP contribution is 2.21. The molecule has 2 aromatic rings. The number of rotatable bonds is 6. The Morgan fingerprint density at radius 3 is 1.84 bits per heavy atom. The molecule has 25 heavy (non-hydrogen) atoms. The first kappa shape index (κ1) is 17.8. The molecule has 0 saturated carbocycles. The Morgan fingerprint density at radius 2 is 1.32 bits per heavy atom. The highest BCUT2D eigenvalue weighted by Gasteiger charge is 2.23. The molecule has 0 atom stereocenters. The monoisotopic (exact) mass is 342 g/mol. The van der Waals surface area contributed by atoms with Crippen molar-refractivity contribution < 1.29 is 19.3 Å². The summed E-state index contributed by atoms with van der Waals surface area (Å²) in [5.41, 5.74) is 4.09. The van der Waals surface area contributed by atoms with Gasteiger partial charge in [0.15, 0.2) is 0 Å². The summed E-state index contributed by atoms with van der Waals surface area (Å²) in [6.45, 7) is 9.21. The standard InChI is InChI=1S/C21H28N2O2/c1-17-5-4-6-18(11-17)15-22-7-9-23(10-8-22)16-19-12-20(24-2)14-21(13-19)25-3/h4-6,11-14H,7-10,15-16H2,1-3H3/p+2. The van der Waals surface area contributed by atoms with Crippen molar-refractivity contribution >= 4 is 0 Å². The number of hydrogen-bond acceptors (Lipinski definition) is 2. The second kappa shape index (κ2) is 8.37. The van der Waals surface area contributed by atoms with Crippen LogP contribution in [0.5, 0.6) is 11.5 Å². The molecule has 134 valence electrons. The Kier molecular flexibility index (Phi) is 5.95. The minimum Gasteiger partial charge on any atom is -0.497 e. The molecule has 0 aliphatic carbocycles. The molecule has 0 spiro atoms. The van der Waals surface area contributed by atoms with Crippen molar-refractivity contribution in [3.8, 4) is 11.5 Å². The molecular weight excluding hydrogens is 312 g/mol. The Labute approximate surface area is 151 Å². The number of benzene rings is 2. The maximum atomic E-state index is 5.39. The van der Waals surface area contributed by atoms with Gasteiger partial charge in [-0.1, -0.05) is 29.8 Å². The van der Waals surface area contributed by atoms with Gasteiger partial charge in [0, 0.05) is 17.2 Å². The summed E-state index contributed by atoms with van der Waals surface area (Å²) in [7, 11) is 3.41. The quantitative estimate of drug-likeness (QED) is 0.800. The van der Waals surface area contributed by atoms with Crippen LogP contribution in [-0.2, 0) is 13.1 Å². The summed E-state index contributed by atoms with van der Waals surface area (Å²) in [5, 5.41) is 0. The van der Waals surface area contributed by atoms with E-state index >= 15 is 0 Å². The fourth-order valence-corrected chi connectivity index (χ4v) is 3.68. The highest BCUT2D eigenvalue weighted by atomic mass is 16.5. The molecule has 0 radical (unpaired) electrons. The van der Waals surface area contributed by atoms with Gasteiger partial charge in [-0.05, 0) is 19.1 Å². The molecule has 2 aromatic carbocycles. The van der Waals surface area contributed by atoms with Crippen LogP contribution in [0.1, 0.15) is 16.7 Å². The van der Waals surface area contributed by atoms with E-state index in [2.05, 4.69) is 43.3 Å². The SMILES string of the molecule is COc1cc(C[NH+]2CC[NH+](Cc3cccc(C)c3)CC2)cc(OC)c1. The first-order chi connectivity index (χ1) is 12.2. The Balaban J connectivity index is 1.54. The van der Waals surface area contributed by atoms with Crippen molar-refractivity contribution in [2.75, 3.05) is 40.4 Å². The van der Waals surface area contributed by atoms with Gasteiger partial charge in [-0.2, -0.15) is 0 Å². The van der Waals surface area contributed by atoms with Crippen molar-refractivity contribution in [3.05, 3.63) is 59.2 Å². The summed E-state index contributed by atoms with van der Waals surface area (Å²) in [6.07, 6.45) is 0. The molecule has 4 nitrogen and oxygen atoms in total. The minimum absolute atomic E-state index is 0.873. The van der Waals surface area contributed by atoms with Crippen molar-refractivity contribution in [2.24, 2.45) is 0 Å². The minimum atomic E-state index is 0.873. The largest absolute Gasteiger partial charge is 0.497 e. The predicted molar refractivity (Wildman–Crippen MR) is 99.5 cm³/mol. The molecule has 3 rings (SSSR count). The predicted octanol–water partition coefficient (Wildman–Crippen LogP) is 0.496. The Hall–Kier alpha value is -2.04. The van der Waals surface area contributed by atoms with Crippen molar-refractivity contribution in [3.63, 3.8) is 0 Å². The highest BCUT2D eigenvalue weighted by molar-refractivity contribution is 5.38. The lowest BCUT2D eigenvalue weighted by atomic mass is 10.1. The van der Waals surface area contributed by atoms with Crippen LogP contribution in [0, 0.1) is 6.92 Å². The maximum Gasteiger partial charge on any atom is 0.127 e. The third-order valence-corrected chi connectivity index (χ3v) is 5.07. The molecule has 0 bridgehead atoms. The number of aryl methyl sites for hydroxylation is 1. The van der Waals surface area contributed by atoms with Crippen molar-refractivity contribution in [1.82, 2.24) is 0 Å². The van der Waals surface area contributed by atoms with E-state index in [1.165, 1.54) is 42.9 Å². The smallest absolute Gasteiger partial charge is 0.127 e. The number of hydrogen-bond donors (Lipinski definition) is 2. The van der Waals surface area contributed by atoms with Gasteiger partial charge in [-0.3, -0.25) is 0 Å². The topological polar surface area (TPSA) is 27.3 Å². The molecule has 0 aromatic heterocycles. The average molecular weight is 342 g/mol. The first-order valence-corrected chi connectivity index (χ1v) is 9.11. The lowest BCUT2D eigenvalue weighted by Crippen LogP contribution is -3.27. The molecule has 2 N–H and O–H groups in total. The molecule has 1 fully saturated rings. The lowest BCUT2D eigenvalue weighted by Gasteiger charge is -2.30. The first-order valence-electron chi connectivity index (χ1n) is 9.11. The van der Waals surface area contributed by atoms with Crippen LogP contribution >= 0.6 is 0 Å². The Morgan fingerprint density at radius 1 is 0.760 bits per heavy atom. The van der Waals surface area contributed by atoms with Gasteiger partial charge < -0.3 is 19.3 Å². The van der Waals surface area contributed by atoms with Gasteiger partial charge in [-0.25, -0.2) is 0 Å². The summed E-state index contributed by atoms with van der Waals surface area (Å²) in [6, 6.07) is 15.1. The van der Waals surface area contributed by atoms with E-state index in [1.54, 1.807) is 24.0 Å². The van der Waals surface area contributed by atoms with Gasteiger partial charge in [0.1, 0.15) is 50.8 Å². The molecule has 4 heteroatoms. The normalized spacial score (nSPS) is 20.3. The van der Waals surface area contributed by atoms with E-state index in [-0.39, 0.29) is 0 Å². The van der Waals surface area contributed by atoms with E-state index in [4.69, 9.17) is 9.47 Å². The maximum absolute atomic E-state index is 5.39. The van der Waals surface area contributed by atoms with E-state index in [9.17, 15) is 0 Å². The molecule has 0 amide bonds. The Bertz CT molecular complexity index is 672. The second-order valence-corrected chi connectivity index (χ2v) is 7.06. The van der Waals surface area contributed by atoms with Gasteiger partial charge in [0.25, 0.3) is 0 Å². The third kappa shape index (κ3) is 4.97. The van der Waals surface area contributed by atoms with Gasteiger partial charge in [0.2, 0.25) is 0 Å². The molecular formula is C21H30N2O2+2. The fraction of sp³-hybridized carbons (Fsp3) is 0.429. The molecule has 1 heterocycles. The summed E-state index contributed by atoms with van der Waals surface area (Å²) in [4.78, 5) is 3.33. The van der Waals surface area contributed by atoms with Crippen molar-refractivity contribution in [1.29, 1.82) is 0 Å². The number of nitrogens with one attached hydrogen (secondary N) is 2. The second-order valence-electron chi connectivity index (χ2n) is 7.06. The van der Waals surface area contributed by atoms with Crippen LogP contribution in [-0.4, -0.2) is 40.4 Å². The number of quaternary nitrogens is 2. The van der Waals surface area contributed by atoms with Crippen LogP contribution in [0.15, 0.2) is 42.5 Å². The van der Waals surface area contributed by atoms with E-state index in [0.717, 1.165) is 24.6 Å². The van der Waals surface area contributed by atoms with E-state index < -0.39 is 0 Å². The lowest BCUT2D eigenvalue weighted by molar-refractivity contribution is -1.02. The fourth-order valence-electron chi connectivity index (χ4n) is 3.68. The zero-order valence-corrected chi connectivity index (χ0v) is 15.6. The van der Waals surface area contributed by atoms with Gasteiger partial charge in [-0.15, -0.1) is 0 Å². The number of methoxy groups -OCH3 is 2. The number of piperazine rings is 1. The zero-order valence-electron chi connectivity index (χ0n) is 15.6. The van der Waals surface area contributed by atoms with Gasteiger partial charge >= 0.3 is 0 Å². The van der Waals surface area contributed by atoms with Crippen LogP contribution in [0.3, 0.4) is 0 Å². The average Bonchev–Trinajstić information content (AvgIpc) is 2.63. The summed E-state index contributed by atoms with van der Waals surface area (Å²) < 4.78 is 10.8. The molecule has 1 aliphatic rings. The summed E-state index contributed by atoms with van der Waals surface area (Å²) in [5.74, 6) is 1.75. The van der Waals surface area contributed by atoms with Crippen molar-refractivity contribution in [2.45, 2.75) is 20.0 Å². The summed E-state index contributed by atoms with van der Waals surface area (Å²) >= 11 is 0. The zero-order chi connectivity index (χ0) is 17.6. The van der Waals surface area contributed by atoms with Crippen LogP contribution in [0.2, 0.25) is 0 Å². The molecule has 0 unspecified atom stereocenters. The van der Waals surface area contributed by atoms with Crippen LogP contribution in [0.25, 0.3) is 0 Å². The van der Waals surface area contributed by atoms with Gasteiger partial charge in [0.05, 0.1) is 14.2 Å². The van der Waals surface area contributed by atoms with Crippen LogP contribution in [0.4, 0.5) is 0 Å². The molecule has 1 saturated heterocycles. The van der Waals surface area contributed by atoms with Crippen LogP contribution < -0.4 is 19.3 Å². The third-order valence-electron chi connectivity index (χ3n) is 5.07. The van der Waals surface area contributed by atoms with E-state index in [0.29, 0.717) is 0 Å². The van der Waals surface area contributed by atoms with E-state index in [1.807, 2.05) is 6.07 Å². The number of ether oxygens (including phenoxy) is 2.